The molecule has 2 heterocycles. The first-order chi connectivity index (χ1) is 12.5. The number of nitrogens with two attached hydrogens (primary N) is 2. The highest BCUT2D eigenvalue weighted by Crippen LogP contribution is 2.32. The molecule has 8 nitrogen and oxygen atoms in total. The molecule has 0 unspecified atom stereocenters. The average Bonchev–Trinajstić information content (AvgIpc) is 2.60. The molecule has 26 heavy (non-hydrogen) atoms. The zero-order valence-corrected chi connectivity index (χ0v) is 15.7. The van der Waals surface area contributed by atoms with Crippen LogP contribution in [0.15, 0.2) is 28.2 Å². The van der Waals surface area contributed by atoms with Gasteiger partial charge in [0.1, 0.15) is 5.75 Å². The molecule has 0 atom stereocenters. The Morgan fingerprint density at radius 3 is 2.65 bits per heavy atom. The maximum atomic E-state index is 6.00. The van der Waals surface area contributed by atoms with E-state index < -0.39 is 5.66 Å². The molecular weight excluding hydrogens is 381 g/mol. The van der Waals surface area contributed by atoms with Crippen LogP contribution in [0.4, 0.5) is 0 Å². The second-order valence-electron chi connectivity index (χ2n) is 5.94. The largest absolute Gasteiger partial charge is 0.493 e. The van der Waals surface area contributed by atoms with Gasteiger partial charge in [-0.25, -0.2) is 4.99 Å². The number of nitrogens with zero attached hydrogens (tertiary/aromatic N) is 3. The monoisotopic (exact) mass is 401 g/mol. The van der Waals surface area contributed by atoms with Gasteiger partial charge >= 0.3 is 0 Å². The molecule has 2 aliphatic rings. The molecule has 1 spiro atoms. The Balaban J connectivity index is 1.51. The maximum Gasteiger partial charge on any atom is 0.226 e. The fourth-order valence-electron chi connectivity index (χ4n) is 2.83. The summed E-state index contributed by atoms with van der Waals surface area (Å²) >= 11 is 11.8. The number of hydroxylamine groups is 2. The maximum absolute atomic E-state index is 6.00. The van der Waals surface area contributed by atoms with Crippen LogP contribution in [0.5, 0.6) is 5.75 Å². The smallest absolute Gasteiger partial charge is 0.226 e. The van der Waals surface area contributed by atoms with Crippen LogP contribution in [0.3, 0.4) is 0 Å². The number of hydrogen-bond acceptors (Lipinski definition) is 8. The van der Waals surface area contributed by atoms with E-state index in [1.165, 1.54) is 0 Å². The van der Waals surface area contributed by atoms with Gasteiger partial charge in [-0.3, -0.25) is 4.84 Å². The molecule has 4 N–H and O–H groups in total. The van der Waals surface area contributed by atoms with Gasteiger partial charge in [0.2, 0.25) is 11.9 Å². The minimum atomic E-state index is -0.654. The standard InChI is InChI=1S/C16H21Cl2N5O3/c17-12-3-2-11(10-13(12)18)25-6-1-7-26-23-15(20)21-14(19)22-16(23)4-8-24-9-5-16/h2-3,10H,1,4-9H2,(H4,19,20,21,22). The van der Waals surface area contributed by atoms with E-state index in [0.29, 0.717) is 61.5 Å². The van der Waals surface area contributed by atoms with Gasteiger partial charge in [0.25, 0.3) is 0 Å². The second-order valence-corrected chi connectivity index (χ2v) is 6.75. The summed E-state index contributed by atoms with van der Waals surface area (Å²) in [6.07, 6.45) is 1.89. The average molecular weight is 402 g/mol. The van der Waals surface area contributed by atoms with Gasteiger partial charge in [0.15, 0.2) is 5.66 Å². The molecule has 0 aromatic heterocycles. The molecule has 0 radical (unpaired) electrons. The van der Waals surface area contributed by atoms with Crippen molar-refractivity contribution in [2.45, 2.75) is 24.9 Å². The summed E-state index contributed by atoms with van der Waals surface area (Å²) in [5.74, 6) is 1.01. The van der Waals surface area contributed by atoms with Gasteiger partial charge in [0.05, 0.1) is 36.5 Å². The van der Waals surface area contributed by atoms with Crippen LogP contribution in [-0.2, 0) is 9.57 Å². The van der Waals surface area contributed by atoms with Gasteiger partial charge in [0, 0.05) is 25.3 Å². The number of guanidine groups is 2. The molecule has 0 saturated carbocycles. The molecule has 1 aromatic carbocycles. The lowest BCUT2D eigenvalue weighted by Crippen LogP contribution is -2.59. The van der Waals surface area contributed by atoms with E-state index in [0.717, 1.165) is 0 Å². The summed E-state index contributed by atoms with van der Waals surface area (Å²) in [6.45, 7) is 1.95. The Morgan fingerprint density at radius 2 is 1.92 bits per heavy atom. The van der Waals surface area contributed by atoms with Gasteiger partial charge in [-0.1, -0.05) is 23.2 Å². The van der Waals surface area contributed by atoms with Crippen molar-refractivity contribution in [3.05, 3.63) is 28.2 Å². The van der Waals surface area contributed by atoms with Crippen molar-refractivity contribution < 1.29 is 14.3 Å². The molecular formula is C16H21Cl2N5O3. The normalized spacial score (nSPS) is 19.2. The molecule has 10 heteroatoms. The van der Waals surface area contributed by atoms with E-state index in [1.807, 2.05) is 0 Å². The van der Waals surface area contributed by atoms with Crippen LogP contribution in [0.1, 0.15) is 19.3 Å². The topological polar surface area (TPSA) is 108 Å². The van der Waals surface area contributed by atoms with Gasteiger partial charge in [-0.15, -0.1) is 0 Å². The highest BCUT2D eigenvalue weighted by Gasteiger charge is 2.43. The molecule has 1 aromatic rings. The van der Waals surface area contributed by atoms with Crippen molar-refractivity contribution in [1.82, 2.24) is 5.06 Å². The van der Waals surface area contributed by atoms with E-state index >= 15 is 0 Å². The summed E-state index contributed by atoms with van der Waals surface area (Å²) in [4.78, 5) is 14.3. The summed E-state index contributed by atoms with van der Waals surface area (Å²) in [7, 11) is 0. The van der Waals surface area contributed by atoms with Crippen LogP contribution in [-0.4, -0.2) is 49.1 Å². The van der Waals surface area contributed by atoms with Crippen molar-refractivity contribution in [2.24, 2.45) is 21.5 Å². The Bertz CT molecular complexity index is 707. The lowest BCUT2D eigenvalue weighted by atomic mass is 10.0. The quantitative estimate of drug-likeness (QED) is 0.706. The molecule has 142 valence electrons. The Morgan fingerprint density at radius 1 is 1.15 bits per heavy atom. The second kappa shape index (κ2) is 8.30. The first-order valence-corrected chi connectivity index (χ1v) is 9.04. The third kappa shape index (κ3) is 4.32. The fourth-order valence-corrected chi connectivity index (χ4v) is 3.12. The summed E-state index contributed by atoms with van der Waals surface area (Å²) in [5.41, 5.74) is 11.1. The molecule has 1 fully saturated rings. The predicted molar refractivity (Wildman–Crippen MR) is 100 cm³/mol. The molecule has 2 aliphatic heterocycles. The summed E-state index contributed by atoms with van der Waals surface area (Å²) in [5, 5.41) is 2.49. The Labute approximate surface area is 161 Å². The molecule has 3 rings (SSSR count). The highest BCUT2D eigenvalue weighted by atomic mass is 35.5. The SMILES string of the molecule is NC1=NC2(CCOCC2)N(OCCCOc2ccc(Cl)c(Cl)c2)C(N)=N1. The van der Waals surface area contributed by atoms with Crippen molar-refractivity contribution in [1.29, 1.82) is 0 Å². The van der Waals surface area contributed by atoms with Gasteiger partial charge in [-0.05, 0) is 12.1 Å². The lowest BCUT2D eigenvalue weighted by molar-refractivity contribution is -0.190. The highest BCUT2D eigenvalue weighted by molar-refractivity contribution is 6.42. The minimum Gasteiger partial charge on any atom is -0.493 e. The first kappa shape index (κ1) is 19.0. The van der Waals surface area contributed by atoms with Crippen LogP contribution in [0.25, 0.3) is 0 Å². The van der Waals surface area contributed by atoms with Gasteiger partial charge < -0.3 is 20.9 Å². The van der Waals surface area contributed by atoms with E-state index in [9.17, 15) is 0 Å². The number of aliphatic imine (C=N–C) groups is 2. The third-order valence-corrected chi connectivity index (χ3v) is 4.84. The van der Waals surface area contributed by atoms with Crippen LogP contribution < -0.4 is 16.2 Å². The Kier molecular flexibility index (Phi) is 6.08. The fraction of sp³-hybridized carbons (Fsp3) is 0.500. The molecule has 0 aliphatic carbocycles. The van der Waals surface area contributed by atoms with Crippen LogP contribution in [0, 0.1) is 0 Å². The van der Waals surface area contributed by atoms with Crippen molar-refractivity contribution in [2.75, 3.05) is 26.4 Å². The number of hydrogen-bond donors (Lipinski definition) is 2. The van der Waals surface area contributed by atoms with E-state index in [2.05, 4.69) is 9.98 Å². The van der Waals surface area contributed by atoms with E-state index in [-0.39, 0.29) is 11.9 Å². The van der Waals surface area contributed by atoms with Crippen molar-refractivity contribution >= 4 is 35.1 Å². The number of benzene rings is 1. The lowest BCUT2D eigenvalue weighted by Gasteiger charge is -2.43. The minimum absolute atomic E-state index is 0.159. The van der Waals surface area contributed by atoms with Crippen molar-refractivity contribution in [3.8, 4) is 5.75 Å². The molecule has 0 amide bonds. The number of rotatable bonds is 6. The Hall–Kier alpha value is -1.74. The molecule has 0 bridgehead atoms. The first-order valence-electron chi connectivity index (χ1n) is 8.28. The zero-order valence-electron chi connectivity index (χ0n) is 14.2. The van der Waals surface area contributed by atoms with Crippen LogP contribution >= 0.6 is 23.2 Å². The summed E-state index contributed by atoms with van der Waals surface area (Å²) < 4.78 is 11.1. The van der Waals surface area contributed by atoms with Crippen LogP contribution in [0.2, 0.25) is 10.0 Å². The molecule has 1 saturated heterocycles. The zero-order chi connectivity index (χ0) is 18.6. The number of halogens is 2. The van der Waals surface area contributed by atoms with E-state index in [4.69, 9.17) is 49.0 Å². The van der Waals surface area contributed by atoms with E-state index in [1.54, 1.807) is 23.3 Å². The summed E-state index contributed by atoms with van der Waals surface area (Å²) in [6, 6.07) is 5.13. The van der Waals surface area contributed by atoms with Gasteiger partial charge in [-0.2, -0.15) is 10.1 Å². The number of ether oxygens (including phenoxy) is 2. The predicted octanol–water partition coefficient (Wildman–Crippen LogP) is 2.15. The van der Waals surface area contributed by atoms with Crippen molar-refractivity contribution in [3.63, 3.8) is 0 Å². The third-order valence-electron chi connectivity index (χ3n) is 4.10.